The number of imidazole rings is 1. The number of aryl methyl sites for hydroxylation is 1. The second-order valence-corrected chi connectivity index (χ2v) is 7.41. The number of morpholine rings is 1. The van der Waals surface area contributed by atoms with Crippen LogP contribution in [-0.4, -0.2) is 58.6 Å². The highest BCUT2D eigenvalue weighted by atomic mass is 19.4. The van der Waals surface area contributed by atoms with Gasteiger partial charge in [0.15, 0.2) is 11.6 Å². The van der Waals surface area contributed by atoms with Crippen LogP contribution in [0.5, 0.6) is 5.75 Å². The maximum Gasteiger partial charge on any atom is 0.573 e. The van der Waals surface area contributed by atoms with Gasteiger partial charge in [-0.15, -0.1) is 26.3 Å². The third-order valence-electron chi connectivity index (χ3n) is 5.13. The molecule has 7 nitrogen and oxygen atoms in total. The molecule has 2 fully saturated rings. The normalized spacial score (nSPS) is 17.1. The highest BCUT2D eigenvalue weighted by Gasteiger charge is 2.33. The highest BCUT2D eigenvalue weighted by molar-refractivity contribution is 5.63. The zero-order valence-corrected chi connectivity index (χ0v) is 17.4. The Morgan fingerprint density at radius 1 is 1.19 bits per heavy atom. The minimum atomic E-state index is -4.83. The van der Waals surface area contributed by atoms with Crippen LogP contribution < -0.4 is 10.5 Å². The smallest absolute Gasteiger partial charge is 0.402 e. The number of alkyl halides is 3. The van der Waals surface area contributed by atoms with Gasteiger partial charge in [0.2, 0.25) is 0 Å². The molecule has 1 saturated carbocycles. The van der Waals surface area contributed by atoms with Crippen molar-refractivity contribution in [2.45, 2.75) is 38.1 Å². The number of halogens is 3. The summed E-state index contributed by atoms with van der Waals surface area (Å²) in [5.41, 5.74) is 6.56. The monoisotopic (exact) mass is 439 g/mol. The zero-order chi connectivity index (χ0) is 22.4. The van der Waals surface area contributed by atoms with Gasteiger partial charge in [-0.25, -0.2) is 9.97 Å². The van der Waals surface area contributed by atoms with E-state index in [0.717, 1.165) is 64.5 Å². The molecule has 2 aromatic rings. The fourth-order valence-electron chi connectivity index (χ4n) is 3.51. The summed E-state index contributed by atoms with van der Waals surface area (Å²) in [7, 11) is 0. The maximum absolute atomic E-state index is 12.6. The molecule has 3 heterocycles. The number of ether oxygens (including phenoxy) is 2. The zero-order valence-electron chi connectivity index (χ0n) is 17.4. The van der Waals surface area contributed by atoms with E-state index < -0.39 is 12.1 Å². The lowest BCUT2D eigenvalue weighted by Gasteiger charge is -2.26. The van der Waals surface area contributed by atoms with Gasteiger partial charge in [0.25, 0.3) is 0 Å². The van der Waals surface area contributed by atoms with Crippen LogP contribution in [0.3, 0.4) is 0 Å². The van der Waals surface area contributed by atoms with Crippen molar-refractivity contribution >= 4 is 5.82 Å². The van der Waals surface area contributed by atoms with Crippen LogP contribution in [0, 0.1) is 0 Å². The van der Waals surface area contributed by atoms with Gasteiger partial charge in [0, 0.05) is 50.1 Å². The molecular weight excluding hydrogens is 411 g/mol. The minimum absolute atomic E-state index is 0.307. The molecule has 170 valence electrons. The molecule has 1 aliphatic carbocycles. The van der Waals surface area contributed by atoms with Crippen molar-refractivity contribution in [1.29, 1.82) is 0 Å². The molecule has 0 spiro atoms. The van der Waals surface area contributed by atoms with Crippen LogP contribution >= 0.6 is 0 Å². The van der Waals surface area contributed by atoms with Gasteiger partial charge in [-0.1, -0.05) is 0 Å². The molecular formula is C21H28F3N5O2. The number of nitrogens with zero attached hydrogens (tertiary/aromatic N) is 4. The molecule has 0 unspecified atom stereocenters. The Bertz CT molecular complexity index is 861. The number of nitrogen functional groups attached to an aromatic ring is 1. The van der Waals surface area contributed by atoms with Gasteiger partial charge in [-0.3, -0.25) is 4.90 Å². The van der Waals surface area contributed by atoms with Crippen LogP contribution in [0.4, 0.5) is 19.0 Å². The summed E-state index contributed by atoms with van der Waals surface area (Å²) in [5, 5.41) is 0. The lowest BCUT2D eigenvalue weighted by Crippen LogP contribution is -2.37. The molecule has 1 aliphatic heterocycles. The van der Waals surface area contributed by atoms with Gasteiger partial charge >= 0.3 is 6.36 Å². The molecule has 10 heteroatoms. The van der Waals surface area contributed by atoms with E-state index in [4.69, 9.17) is 10.5 Å². The summed E-state index contributed by atoms with van der Waals surface area (Å²) in [6.07, 6.45) is 1.63. The molecule has 0 atom stereocenters. The van der Waals surface area contributed by atoms with E-state index in [2.05, 4.69) is 37.3 Å². The van der Waals surface area contributed by atoms with Gasteiger partial charge < -0.3 is 19.8 Å². The van der Waals surface area contributed by atoms with Gasteiger partial charge in [-0.05, 0) is 25.3 Å². The van der Waals surface area contributed by atoms with Crippen LogP contribution in [-0.2, 0) is 11.3 Å². The first-order valence-electron chi connectivity index (χ1n) is 10.3. The number of hydrogen-bond acceptors (Lipinski definition) is 6. The molecule has 0 bridgehead atoms. The Labute approximate surface area is 179 Å². The molecule has 2 aliphatic rings. The Kier molecular flexibility index (Phi) is 7.55. The van der Waals surface area contributed by atoms with E-state index in [9.17, 15) is 13.2 Å². The molecule has 31 heavy (non-hydrogen) atoms. The maximum atomic E-state index is 12.6. The van der Waals surface area contributed by atoms with Crippen molar-refractivity contribution < 1.29 is 22.6 Å². The second kappa shape index (κ2) is 10.1. The number of nitrogens with two attached hydrogens (primary N) is 1. The number of anilines is 1. The molecule has 2 N–H and O–H groups in total. The average Bonchev–Trinajstić information content (AvgIpc) is 3.51. The third kappa shape index (κ3) is 6.44. The Hall–Kier alpha value is -2.59. The summed E-state index contributed by atoms with van der Waals surface area (Å²) < 4.78 is 49.3. The van der Waals surface area contributed by atoms with Crippen LogP contribution in [0.15, 0.2) is 31.6 Å². The van der Waals surface area contributed by atoms with Crippen molar-refractivity contribution in [1.82, 2.24) is 19.4 Å². The number of aromatic nitrogens is 3. The minimum Gasteiger partial charge on any atom is -0.402 e. The fourth-order valence-corrected chi connectivity index (χ4v) is 3.51. The predicted octanol–water partition coefficient (Wildman–Crippen LogP) is 3.83. The third-order valence-corrected chi connectivity index (χ3v) is 5.13. The van der Waals surface area contributed by atoms with Crippen molar-refractivity contribution in [3.05, 3.63) is 37.4 Å². The average molecular weight is 439 g/mol. The summed E-state index contributed by atoms with van der Waals surface area (Å²) in [4.78, 5) is 10.9. The lowest BCUT2D eigenvalue weighted by molar-refractivity contribution is -0.274. The first-order chi connectivity index (χ1) is 14.9. The highest BCUT2D eigenvalue weighted by Crippen LogP contribution is 2.41. The SMILES string of the molecule is C=C.Nc1ncc(-c2cn(CCCN3CCOCC3)c(C3CC3)n2)cc1OC(F)(F)F. The summed E-state index contributed by atoms with van der Waals surface area (Å²) >= 11 is 0. The number of pyridine rings is 1. The largest absolute Gasteiger partial charge is 0.573 e. The number of hydrogen-bond donors (Lipinski definition) is 1. The fraction of sp³-hybridized carbons (Fsp3) is 0.524. The Morgan fingerprint density at radius 3 is 2.55 bits per heavy atom. The molecule has 2 aromatic heterocycles. The van der Waals surface area contributed by atoms with Crippen LogP contribution in [0.1, 0.15) is 31.0 Å². The predicted molar refractivity (Wildman–Crippen MR) is 112 cm³/mol. The first kappa shape index (κ1) is 23.1. The van der Waals surface area contributed by atoms with Gasteiger partial charge in [0.05, 0.1) is 18.9 Å². The number of rotatable bonds is 7. The van der Waals surface area contributed by atoms with Crippen LogP contribution in [0.25, 0.3) is 11.3 Å². The molecule has 4 rings (SSSR count). The molecule has 0 amide bonds. The molecule has 0 aromatic carbocycles. The van der Waals surface area contributed by atoms with E-state index in [0.29, 0.717) is 17.2 Å². The molecule has 1 saturated heterocycles. The van der Waals surface area contributed by atoms with Crippen molar-refractivity contribution in [2.75, 3.05) is 38.6 Å². The quantitative estimate of drug-likeness (QED) is 0.661. The standard InChI is InChI=1S/C19H24F3N5O2.C2H4/c20-19(21,22)29-16-10-14(11-24-17(16)23)15-12-27(18(25-15)13-2-3-13)5-1-4-26-6-8-28-9-7-26;1-2/h10-13H,1-9H2,(H2,23,24);1-2H2. The van der Waals surface area contributed by atoms with E-state index in [1.165, 1.54) is 12.3 Å². The van der Waals surface area contributed by atoms with E-state index in [1.54, 1.807) is 0 Å². The Morgan fingerprint density at radius 2 is 1.90 bits per heavy atom. The lowest BCUT2D eigenvalue weighted by atomic mass is 10.2. The van der Waals surface area contributed by atoms with Crippen molar-refractivity contribution in [3.8, 4) is 17.0 Å². The van der Waals surface area contributed by atoms with E-state index >= 15 is 0 Å². The molecule has 0 radical (unpaired) electrons. The summed E-state index contributed by atoms with van der Waals surface area (Å²) in [6.45, 7) is 11.2. The first-order valence-corrected chi connectivity index (χ1v) is 10.3. The van der Waals surface area contributed by atoms with Crippen LogP contribution in [0.2, 0.25) is 0 Å². The van der Waals surface area contributed by atoms with E-state index in [1.807, 2.05) is 6.20 Å². The van der Waals surface area contributed by atoms with E-state index in [-0.39, 0.29) is 5.82 Å². The Balaban J connectivity index is 0.00000132. The van der Waals surface area contributed by atoms with Crippen molar-refractivity contribution in [2.24, 2.45) is 0 Å². The summed E-state index contributed by atoms with van der Waals surface area (Å²) in [5.74, 6) is 0.583. The topological polar surface area (TPSA) is 78.4 Å². The van der Waals surface area contributed by atoms with Gasteiger partial charge in [0.1, 0.15) is 5.82 Å². The summed E-state index contributed by atoms with van der Waals surface area (Å²) in [6, 6.07) is 1.24. The van der Waals surface area contributed by atoms with Crippen molar-refractivity contribution in [3.63, 3.8) is 0 Å². The second-order valence-electron chi connectivity index (χ2n) is 7.41. The van der Waals surface area contributed by atoms with Gasteiger partial charge in [-0.2, -0.15) is 0 Å².